The summed E-state index contributed by atoms with van der Waals surface area (Å²) in [4.78, 5) is 10.5. The Bertz CT molecular complexity index is 2500. The van der Waals surface area contributed by atoms with Crippen LogP contribution in [0.25, 0.3) is 54.6 Å². The highest BCUT2D eigenvalue weighted by molar-refractivity contribution is 6.26. The summed E-state index contributed by atoms with van der Waals surface area (Å²) in [6.45, 7) is 0. The number of hydrogen-bond acceptors (Lipinski definition) is 3. The average molecular weight is 614 g/mol. The lowest BCUT2D eigenvalue weighted by atomic mass is 9.93. The van der Waals surface area contributed by atoms with Gasteiger partial charge in [0.15, 0.2) is 5.84 Å². The molecule has 48 heavy (non-hydrogen) atoms. The van der Waals surface area contributed by atoms with Gasteiger partial charge in [-0.3, -0.25) is 0 Å². The molecule has 8 aromatic rings. The number of nitrogens with zero attached hydrogens (tertiary/aromatic N) is 2. The van der Waals surface area contributed by atoms with E-state index in [1.54, 1.807) is 0 Å². The zero-order valence-corrected chi connectivity index (χ0v) is 26.2. The van der Waals surface area contributed by atoms with Crippen LogP contribution in [-0.4, -0.2) is 11.7 Å². The maximum absolute atomic E-state index is 5.24. The second kappa shape index (κ2) is 11.8. The van der Waals surface area contributed by atoms with Crippen LogP contribution in [0.1, 0.15) is 22.9 Å². The molecule has 1 atom stereocenters. The van der Waals surface area contributed by atoms with Crippen molar-refractivity contribution in [3.8, 4) is 22.3 Å². The molecule has 9 rings (SSSR count). The molecule has 1 unspecified atom stereocenters. The van der Waals surface area contributed by atoms with E-state index in [9.17, 15) is 0 Å². The van der Waals surface area contributed by atoms with Crippen molar-refractivity contribution >= 4 is 44.0 Å². The molecule has 0 bridgehead atoms. The molecule has 1 aliphatic heterocycles. The van der Waals surface area contributed by atoms with E-state index in [4.69, 9.17) is 9.98 Å². The molecule has 8 aromatic carbocycles. The molecule has 0 amide bonds. The third kappa shape index (κ3) is 5.03. The first-order chi connectivity index (χ1) is 23.8. The SMILES string of the molecule is c1ccc(-c2cccc(C3=NC(c4cccc(-c5ccccc5)c4)NC(c4ccc5c6ccccc6c6ccccc6c5c4)=N3)c2)cc1. The fourth-order valence-corrected chi connectivity index (χ4v) is 6.94. The molecule has 0 saturated carbocycles. The van der Waals surface area contributed by atoms with Gasteiger partial charge in [-0.1, -0.05) is 158 Å². The van der Waals surface area contributed by atoms with Crippen LogP contribution >= 0.6 is 0 Å². The summed E-state index contributed by atoms with van der Waals surface area (Å²) in [7, 11) is 0. The van der Waals surface area contributed by atoms with Crippen LogP contribution in [0.3, 0.4) is 0 Å². The molecule has 0 aromatic heterocycles. The summed E-state index contributed by atoms with van der Waals surface area (Å²) in [6, 6.07) is 62.3. The second-order valence-electron chi connectivity index (χ2n) is 12.2. The first-order valence-corrected chi connectivity index (χ1v) is 16.4. The van der Waals surface area contributed by atoms with Crippen molar-refractivity contribution in [2.75, 3.05) is 0 Å². The minimum Gasteiger partial charge on any atom is -0.344 e. The van der Waals surface area contributed by atoms with Crippen molar-refractivity contribution in [1.29, 1.82) is 0 Å². The van der Waals surface area contributed by atoms with Crippen molar-refractivity contribution in [1.82, 2.24) is 5.32 Å². The van der Waals surface area contributed by atoms with E-state index in [1.165, 1.54) is 43.4 Å². The van der Waals surface area contributed by atoms with Crippen LogP contribution in [0.5, 0.6) is 0 Å². The Morgan fingerprint density at radius 2 is 0.854 bits per heavy atom. The largest absolute Gasteiger partial charge is 0.344 e. The van der Waals surface area contributed by atoms with Gasteiger partial charge in [0.05, 0.1) is 0 Å². The Morgan fingerprint density at radius 3 is 1.50 bits per heavy atom. The zero-order valence-electron chi connectivity index (χ0n) is 26.2. The summed E-state index contributed by atoms with van der Waals surface area (Å²) in [5, 5.41) is 11.2. The maximum Gasteiger partial charge on any atom is 0.159 e. The van der Waals surface area contributed by atoms with Gasteiger partial charge in [-0.2, -0.15) is 0 Å². The molecular formula is C45H31N3. The van der Waals surface area contributed by atoms with Crippen molar-refractivity contribution in [3.05, 3.63) is 193 Å². The number of hydrogen-bond donors (Lipinski definition) is 1. The maximum atomic E-state index is 5.24. The van der Waals surface area contributed by atoms with Crippen LogP contribution < -0.4 is 5.32 Å². The fourth-order valence-electron chi connectivity index (χ4n) is 6.94. The molecule has 3 heteroatoms. The Morgan fingerprint density at radius 1 is 0.354 bits per heavy atom. The lowest BCUT2D eigenvalue weighted by Gasteiger charge is -2.24. The highest BCUT2D eigenvalue weighted by Crippen LogP contribution is 2.36. The van der Waals surface area contributed by atoms with E-state index in [-0.39, 0.29) is 6.17 Å². The van der Waals surface area contributed by atoms with E-state index < -0.39 is 0 Å². The van der Waals surface area contributed by atoms with Crippen LogP contribution in [0.15, 0.2) is 186 Å². The van der Waals surface area contributed by atoms with Gasteiger partial charge in [-0.15, -0.1) is 0 Å². The number of aliphatic imine (C=N–C) groups is 2. The number of nitrogens with one attached hydrogen (secondary N) is 1. The first-order valence-electron chi connectivity index (χ1n) is 16.4. The molecule has 1 aliphatic rings. The second-order valence-corrected chi connectivity index (χ2v) is 12.2. The third-order valence-corrected chi connectivity index (χ3v) is 9.30. The molecule has 1 heterocycles. The molecule has 0 fully saturated rings. The van der Waals surface area contributed by atoms with E-state index >= 15 is 0 Å². The van der Waals surface area contributed by atoms with Crippen molar-refractivity contribution in [2.24, 2.45) is 9.98 Å². The minimum atomic E-state index is -0.319. The monoisotopic (exact) mass is 613 g/mol. The van der Waals surface area contributed by atoms with Crippen molar-refractivity contribution in [2.45, 2.75) is 6.17 Å². The number of benzene rings is 8. The number of rotatable bonds is 5. The first kappa shape index (κ1) is 27.9. The predicted octanol–water partition coefficient (Wildman–Crippen LogP) is 11.0. The Balaban J connectivity index is 1.21. The third-order valence-electron chi connectivity index (χ3n) is 9.30. The molecule has 3 nitrogen and oxygen atoms in total. The van der Waals surface area contributed by atoms with Gasteiger partial charge < -0.3 is 5.32 Å². The van der Waals surface area contributed by atoms with E-state index in [0.29, 0.717) is 5.84 Å². The number of fused-ring (bicyclic) bond motifs is 6. The normalized spacial score (nSPS) is 14.5. The molecule has 0 aliphatic carbocycles. The van der Waals surface area contributed by atoms with E-state index in [0.717, 1.165) is 33.7 Å². The smallest absolute Gasteiger partial charge is 0.159 e. The van der Waals surface area contributed by atoms with Crippen LogP contribution in [0, 0.1) is 0 Å². The Kier molecular flexibility index (Phi) is 6.87. The van der Waals surface area contributed by atoms with Gasteiger partial charge in [0.1, 0.15) is 12.0 Å². The quantitative estimate of drug-likeness (QED) is 0.193. The molecule has 0 spiro atoms. The number of amidine groups is 2. The van der Waals surface area contributed by atoms with Gasteiger partial charge in [0.2, 0.25) is 0 Å². The standard InChI is InChI=1S/C45H31N3/c1-3-13-30(14-4-1)32-17-11-19-34(27-32)43-46-44(35-20-12-18-33(28-35)31-15-5-2-6-16-31)48-45(47-43)36-25-26-41-39-23-8-7-21-37(39)38-22-9-10-24-40(38)42(41)29-36/h1-29,43H,(H,46,47,48). The molecule has 0 radical (unpaired) electrons. The molecular weight excluding hydrogens is 583 g/mol. The molecule has 226 valence electrons. The Labute approximate surface area is 279 Å². The predicted molar refractivity (Wildman–Crippen MR) is 202 cm³/mol. The minimum absolute atomic E-state index is 0.319. The topological polar surface area (TPSA) is 36.8 Å². The highest BCUT2D eigenvalue weighted by Gasteiger charge is 2.22. The summed E-state index contributed by atoms with van der Waals surface area (Å²) in [5.41, 5.74) is 7.73. The van der Waals surface area contributed by atoms with Gasteiger partial charge >= 0.3 is 0 Å². The van der Waals surface area contributed by atoms with Gasteiger partial charge in [0.25, 0.3) is 0 Å². The van der Waals surface area contributed by atoms with E-state index in [2.05, 4.69) is 175 Å². The van der Waals surface area contributed by atoms with Gasteiger partial charge in [0, 0.05) is 11.1 Å². The molecule has 1 N–H and O–H groups in total. The average Bonchev–Trinajstić information content (AvgIpc) is 3.18. The van der Waals surface area contributed by atoms with Crippen LogP contribution in [-0.2, 0) is 0 Å². The summed E-state index contributed by atoms with van der Waals surface area (Å²) < 4.78 is 0. The highest BCUT2D eigenvalue weighted by atomic mass is 15.2. The zero-order chi connectivity index (χ0) is 31.9. The van der Waals surface area contributed by atoms with Crippen LogP contribution in [0.4, 0.5) is 0 Å². The van der Waals surface area contributed by atoms with E-state index in [1.807, 2.05) is 6.07 Å². The lowest BCUT2D eigenvalue weighted by Crippen LogP contribution is -2.33. The van der Waals surface area contributed by atoms with Gasteiger partial charge in [-0.05, 0) is 78.3 Å². The Hall–Kier alpha value is -6.32. The summed E-state index contributed by atoms with van der Waals surface area (Å²) in [6.07, 6.45) is -0.319. The van der Waals surface area contributed by atoms with Crippen LogP contribution in [0.2, 0.25) is 0 Å². The summed E-state index contributed by atoms with van der Waals surface area (Å²) in [5.74, 6) is 1.51. The van der Waals surface area contributed by atoms with Crippen molar-refractivity contribution < 1.29 is 0 Å². The summed E-state index contributed by atoms with van der Waals surface area (Å²) >= 11 is 0. The fraction of sp³-hybridized carbons (Fsp3) is 0.0222. The molecule has 0 saturated heterocycles. The van der Waals surface area contributed by atoms with Gasteiger partial charge in [-0.25, -0.2) is 9.98 Å². The van der Waals surface area contributed by atoms with Crippen molar-refractivity contribution in [3.63, 3.8) is 0 Å². The lowest BCUT2D eigenvalue weighted by molar-refractivity contribution is 0.674.